The Hall–Kier alpha value is -1.98. The summed E-state index contributed by atoms with van der Waals surface area (Å²) in [6.45, 7) is -3.13. The first-order valence-corrected chi connectivity index (χ1v) is 9.05. The SMILES string of the molecule is CNS(=O)(=O)c1ccc(C(=O)NCc2cc(Br)ccc2OC(F)F)o1. The van der Waals surface area contributed by atoms with Crippen LogP contribution in [0.15, 0.2) is 44.3 Å². The molecule has 136 valence electrons. The quantitative estimate of drug-likeness (QED) is 0.691. The van der Waals surface area contributed by atoms with Crippen molar-refractivity contribution in [1.29, 1.82) is 0 Å². The van der Waals surface area contributed by atoms with E-state index in [1.165, 1.54) is 31.3 Å². The predicted octanol–water partition coefficient (Wildman–Crippen LogP) is 2.48. The monoisotopic (exact) mass is 438 g/mol. The lowest BCUT2D eigenvalue weighted by Crippen LogP contribution is -2.23. The summed E-state index contributed by atoms with van der Waals surface area (Å²) in [5.74, 6) is -1.03. The lowest BCUT2D eigenvalue weighted by molar-refractivity contribution is -0.0504. The minimum absolute atomic E-state index is 0.0867. The molecule has 0 aliphatic carbocycles. The molecule has 0 atom stereocenters. The molecule has 7 nitrogen and oxygen atoms in total. The fourth-order valence-electron chi connectivity index (χ4n) is 1.85. The zero-order valence-corrected chi connectivity index (χ0v) is 15.2. The predicted molar refractivity (Wildman–Crippen MR) is 86.9 cm³/mol. The zero-order valence-electron chi connectivity index (χ0n) is 12.8. The molecule has 0 radical (unpaired) electrons. The molecule has 1 aromatic carbocycles. The molecular formula is C14H13BrF2N2O5S. The highest BCUT2D eigenvalue weighted by atomic mass is 79.9. The molecule has 0 aliphatic heterocycles. The smallest absolute Gasteiger partial charge is 0.387 e. The molecule has 0 aliphatic rings. The summed E-state index contributed by atoms with van der Waals surface area (Å²) in [6, 6.07) is 6.69. The van der Waals surface area contributed by atoms with Gasteiger partial charge in [-0.3, -0.25) is 4.79 Å². The molecule has 0 bridgehead atoms. The van der Waals surface area contributed by atoms with Gasteiger partial charge < -0.3 is 14.5 Å². The molecule has 2 rings (SSSR count). The maximum atomic E-state index is 12.4. The third kappa shape index (κ3) is 5.00. The number of ether oxygens (including phenoxy) is 1. The number of furan rings is 1. The van der Waals surface area contributed by atoms with Crippen LogP contribution in [0.25, 0.3) is 0 Å². The number of hydrogen-bond acceptors (Lipinski definition) is 5. The summed E-state index contributed by atoms with van der Waals surface area (Å²) in [7, 11) is -2.61. The second-order valence-corrected chi connectivity index (χ2v) is 7.37. The number of carbonyl (C=O) groups is 1. The number of amides is 1. The topological polar surface area (TPSA) is 97.6 Å². The van der Waals surface area contributed by atoms with Crippen molar-refractivity contribution in [2.45, 2.75) is 18.2 Å². The van der Waals surface area contributed by atoms with Crippen LogP contribution in [0.1, 0.15) is 16.1 Å². The largest absolute Gasteiger partial charge is 0.438 e. The van der Waals surface area contributed by atoms with Gasteiger partial charge in [0, 0.05) is 16.6 Å². The highest BCUT2D eigenvalue weighted by Crippen LogP contribution is 2.25. The van der Waals surface area contributed by atoms with Crippen LogP contribution in [0.4, 0.5) is 8.78 Å². The van der Waals surface area contributed by atoms with Gasteiger partial charge >= 0.3 is 6.61 Å². The Balaban J connectivity index is 2.11. The average Bonchev–Trinajstić information content (AvgIpc) is 3.05. The van der Waals surface area contributed by atoms with Crippen molar-refractivity contribution in [3.8, 4) is 5.75 Å². The molecule has 1 amide bonds. The fraction of sp³-hybridized carbons (Fsp3) is 0.214. The van der Waals surface area contributed by atoms with Gasteiger partial charge in [0.1, 0.15) is 5.75 Å². The molecule has 11 heteroatoms. The Morgan fingerprint density at radius 1 is 1.32 bits per heavy atom. The molecule has 0 unspecified atom stereocenters. The Bertz CT molecular complexity index is 870. The molecule has 0 fully saturated rings. The maximum Gasteiger partial charge on any atom is 0.387 e. The van der Waals surface area contributed by atoms with Gasteiger partial charge in [-0.15, -0.1) is 0 Å². The van der Waals surface area contributed by atoms with Crippen LogP contribution in [0.5, 0.6) is 5.75 Å². The molecule has 1 aromatic heterocycles. The Labute approximate surface area is 150 Å². The van der Waals surface area contributed by atoms with E-state index in [0.717, 1.165) is 6.07 Å². The number of benzene rings is 1. The van der Waals surface area contributed by atoms with Crippen LogP contribution in [0, 0.1) is 0 Å². The number of carbonyl (C=O) groups excluding carboxylic acids is 1. The van der Waals surface area contributed by atoms with Crippen LogP contribution < -0.4 is 14.8 Å². The summed E-state index contributed by atoms with van der Waals surface area (Å²) in [5, 5.41) is 2.03. The molecule has 2 N–H and O–H groups in total. The first-order valence-electron chi connectivity index (χ1n) is 6.78. The van der Waals surface area contributed by atoms with Crippen LogP contribution in [0.2, 0.25) is 0 Å². The molecule has 2 aromatic rings. The first-order chi connectivity index (χ1) is 11.7. The van der Waals surface area contributed by atoms with Gasteiger partial charge in [0.25, 0.3) is 15.9 Å². The van der Waals surface area contributed by atoms with Crippen LogP contribution in [-0.4, -0.2) is 28.0 Å². The number of rotatable bonds is 7. The van der Waals surface area contributed by atoms with E-state index in [0.29, 0.717) is 10.0 Å². The van der Waals surface area contributed by atoms with Gasteiger partial charge in [-0.05, 0) is 37.4 Å². The average molecular weight is 439 g/mol. The van der Waals surface area contributed by atoms with E-state index in [4.69, 9.17) is 4.42 Å². The minimum Gasteiger partial charge on any atom is -0.438 e. The van der Waals surface area contributed by atoms with Gasteiger partial charge in [-0.25, -0.2) is 13.1 Å². The molecule has 0 saturated heterocycles. The van der Waals surface area contributed by atoms with E-state index in [9.17, 15) is 22.0 Å². The summed E-state index contributed by atoms with van der Waals surface area (Å²) in [6.07, 6.45) is 0. The summed E-state index contributed by atoms with van der Waals surface area (Å²) in [5.41, 5.74) is 0.303. The molecule has 0 spiro atoms. The molecule has 0 saturated carbocycles. The van der Waals surface area contributed by atoms with Crippen molar-refractivity contribution in [2.24, 2.45) is 0 Å². The van der Waals surface area contributed by atoms with E-state index < -0.39 is 27.6 Å². The Kier molecular flexibility index (Phi) is 6.14. The Morgan fingerprint density at radius 2 is 2.04 bits per heavy atom. The number of halogens is 3. The normalized spacial score (nSPS) is 11.6. The van der Waals surface area contributed by atoms with Crippen molar-refractivity contribution in [1.82, 2.24) is 10.0 Å². The van der Waals surface area contributed by atoms with Crippen molar-refractivity contribution in [3.63, 3.8) is 0 Å². The van der Waals surface area contributed by atoms with E-state index in [2.05, 4.69) is 30.7 Å². The van der Waals surface area contributed by atoms with Gasteiger partial charge in [0.05, 0.1) is 0 Å². The van der Waals surface area contributed by atoms with Crippen molar-refractivity contribution in [2.75, 3.05) is 7.05 Å². The lowest BCUT2D eigenvalue weighted by Gasteiger charge is -2.11. The highest BCUT2D eigenvalue weighted by molar-refractivity contribution is 9.10. The van der Waals surface area contributed by atoms with Crippen LogP contribution in [-0.2, 0) is 16.6 Å². The van der Waals surface area contributed by atoms with E-state index in [-0.39, 0.29) is 18.1 Å². The van der Waals surface area contributed by atoms with Gasteiger partial charge in [0.2, 0.25) is 5.09 Å². The number of alkyl halides is 2. The third-order valence-electron chi connectivity index (χ3n) is 3.02. The Morgan fingerprint density at radius 3 is 2.68 bits per heavy atom. The molecule has 1 heterocycles. The van der Waals surface area contributed by atoms with Crippen molar-refractivity contribution in [3.05, 3.63) is 46.1 Å². The summed E-state index contributed by atoms with van der Waals surface area (Å²) in [4.78, 5) is 12.0. The fourth-order valence-corrected chi connectivity index (χ4v) is 2.90. The van der Waals surface area contributed by atoms with Crippen LogP contribution >= 0.6 is 15.9 Å². The number of sulfonamides is 1. The molecular weight excluding hydrogens is 426 g/mol. The number of hydrogen-bond donors (Lipinski definition) is 2. The van der Waals surface area contributed by atoms with E-state index in [1.54, 1.807) is 0 Å². The van der Waals surface area contributed by atoms with Gasteiger partial charge in [0.15, 0.2) is 5.76 Å². The summed E-state index contributed by atoms with van der Waals surface area (Å²) < 4.78 is 60.0. The zero-order chi connectivity index (χ0) is 18.6. The first kappa shape index (κ1) is 19.3. The van der Waals surface area contributed by atoms with Gasteiger partial charge in [-0.2, -0.15) is 8.78 Å². The second kappa shape index (κ2) is 7.93. The van der Waals surface area contributed by atoms with Crippen molar-refractivity contribution < 1.29 is 31.1 Å². The third-order valence-corrected chi connectivity index (χ3v) is 4.80. The van der Waals surface area contributed by atoms with E-state index in [1.807, 2.05) is 0 Å². The van der Waals surface area contributed by atoms with E-state index >= 15 is 0 Å². The second-order valence-electron chi connectivity index (χ2n) is 4.64. The molecule has 25 heavy (non-hydrogen) atoms. The van der Waals surface area contributed by atoms with Crippen LogP contribution in [0.3, 0.4) is 0 Å². The highest BCUT2D eigenvalue weighted by Gasteiger charge is 2.20. The van der Waals surface area contributed by atoms with Gasteiger partial charge in [-0.1, -0.05) is 15.9 Å². The standard InChI is InChI=1S/C14H13BrF2N2O5S/c1-18-25(21,22)12-5-4-11(23-12)13(20)19-7-8-6-9(15)2-3-10(8)24-14(16)17/h2-6,14,18H,7H2,1H3,(H,19,20). The lowest BCUT2D eigenvalue weighted by atomic mass is 10.2. The summed E-state index contributed by atoms with van der Waals surface area (Å²) >= 11 is 3.20. The maximum absolute atomic E-state index is 12.4. The van der Waals surface area contributed by atoms with Crippen molar-refractivity contribution >= 4 is 31.9 Å². The number of nitrogens with one attached hydrogen (secondary N) is 2. The minimum atomic E-state index is -3.81.